The van der Waals surface area contributed by atoms with Crippen molar-refractivity contribution in [2.24, 2.45) is 21.7 Å². The van der Waals surface area contributed by atoms with Crippen molar-refractivity contribution in [3.8, 4) is 0 Å². The van der Waals surface area contributed by atoms with E-state index in [0.29, 0.717) is 16.6 Å². The van der Waals surface area contributed by atoms with E-state index in [1.165, 1.54) is 38.5 Å². The van der Waals surface area contributed by atoms with E-state index < -0.39 is 0 Å². The fourth-order valence-electron chi connectivity index (χ4n) is 4.71. The summed E-state index contributed by atoms with van der Waals surface area (Å²) in [7, 11) is 0. The second-order valence-corrected chi connectivity index (χ2v) is 9.49. The number of hydrogen-bond acceptors (Lipinski definition) is 1. The highest BCUT2D eigenvalue weighted by Crippen LogP contribution is 2.57. The lowest BCUT2D eigenvalue weighted by atomic mass is 9.63. The van der Waals surface area contributed by atoms with Crippen molar-refractivity contribution in [2.75, 3.05) is 0 Å². The van der Waals surface area contributed by atoms with Crippen LogP contribution in [0.2, 0.25) is 0 Å². The van der Waals surface area contributed by atoms with Crippen molar-refractivity contribution in [3.05, 3.63) is 0 Å². The van der Waals surface area contributed by atoms with Crippen molar-refractivity contribution in [1.29, 1.82) is 0 Å². The first-order valence-electron chi connectivity index (χ1n) is 8.53. The zero-order valence-electron chi connectivity index (χ0n) is 14.6. The van der Waals surface area contributed by atoms with Gasteiger partial charge in [-0.25, -0.2) is 0 Å². The summed E-state index contributed by atoms with van der Waals surface area (Å²) in [5.74, 6) is 0.514. The van der Waals surface area contributed by atoms with Crippen molar-refractivity contribution < 1.29 is 4.79 Å². The summed E-state index contributed by atoms with van der Waals surface area (Å²) in [6.07, 6.45) is 9.19. The maximum atomic E-state index is 12.7. The first kappa shape index (κ1) is 16.0. The van der Waals surface area contributed by atoms with Gasteiger partial charge in [0.15, 0.2) is 0 Å². The van der Waals surface area contributed by atoms with Gasteiger partial charge in [0, 0.05) is 12.8 Å². The Balaban J connectivity index is 2.03. The summed E-state index contributed by atoms with van der Waals surface area (Å²) in [5, 5.41) is 0. The van der Waals surface area contributed by atoms with Gasteiger partial charge in [-0.15, -0.1) is 0 Å². The maximum Gasteiger partial charge on any atom is 0.134 e. The highest BCUT2D eigenvalue weighted by molar-refractivity contribution is 5.80. The Morgan fingerprint density at radius 2 is 1.05 bits per heavy atom. The number of hydrogen-bond donors (Lipinski definition) is 0. The summed E-state index contributed by atoms with van der Waals surface area (Å²) in [6.45, 7) is 14.1. The van der Waals surface area contributed by atoms with Crippen molar-refractivity contribution in [1.82, 2.24) is 0 Å². The molecule has 0 spiro atoms. The van der Waals surface area contributed by atoms with Gasteiger partial charge in [0.25, 0.3) is 0 Å². The van der Waals surface area contributed by atoms with Crippen LogP contribution in [0.5, 0.6) is 0 Å². The number of rotatable bonds is 4. The molecule has 20 heavy (non-hydrogen) atoms. The lowest BCUT2D eigenvalue weighted by Gasteiger charge is -2.41. The van der Waals surface area contributed by atoms with Crippen molar-refractivity contribution in [3.63, 3.8) is 0 Å². The largest absolute Gasteiger partial charge is 0.300 e. The van der Waals surface area contributed by atoms with Crippen LogP contribution in [0.1, 0.15) is 92.9 Å². The van der Waals surface area contributed by atoms with Gasteiger partial charge in [-0.3, -0.25) is 4.79 Å². The Hall–Kier alpha value is -0.330. The fourth-order valence-corrected chi connectivity index (χ4v) is 4.71. The van der Waals surface area contributed by atoms with Crippen LogP contribution in [-0.4, -0.2) is 5.78 Å². The van der Waals surface area contributed by atoms with E-state index in [1.54, 1.807) is 0 Å². The van der Waals surface area contributed by atoms with Crippen LogP contribution in [0.25, 0.3) is 0 Å². The maximum absolute atomic E-state index is 12.7. The van der Waals surface area contributed by atoms with E-state index in [-0.39, 0.29) is 10.8 Å². The molecule has 116 valence electrons. The SMILES string of the molecule is CC1(C)CCC[C@]1(C)CC(=O)C[C@@]1(C)CCCC1(C)C. The molecule has 0 aromatic rings. The Kier molecular flexibility index (Phi) is 3.89. The van der Waals surface area contributed by atoms with Gasteiger partial charge < -0.3 is 0 Å². The molecule has 2 saturated carbocycles. The van der Waals surface area contributed by atoms with Crippen molar-refractivity contribution >= 4 is 5.78 Å². The molecule has 1 heteroatoms. The molecule has 0 aromatic heterocycles. The van der Waals surface area contributed by atoms with E-state index in [1.807, 2.05) is 0 Å². The predicted octanol–water partition coefficient (Wildman–Crippen LogP) is 5.77. The average molecular weight is 278 g/mol. The molecule has 2 rings (SSSR count). The van der Waals surface area contributed by atoms with E-state index in [9.17, 15) is 4.79 Å². The van der Waals surface area contributed by atoms with E-state index in [2.05, 4.69) is 41.5 Å². The monoisotopic (exact) mass is 278 g/mol. The number of carbonyl (C=O) groups is 1. The summed E-state index contributed by atoms with van der Waals surface area (Å²) in [4.78, 5) is 12.7. The molecule has 2 fully saturated rings. The van der Waals surface area contributed by atoms with Crippen LogP contribution in [0.15, 0.2) is 0 Å². The van der Waals surface area contributed by atoms with E-state index in [4.69, 9.17) is 0 Å². The highest BCUT2D eigenvalue weighted by atomic mass is 16.1. The molecule has 1 nitrogen and oxygen atoms in total. The second-order valence-electron chi connectivity index (χ2n) is 9.49. The topological polar surface area (TPSA) is 17.1 Å². The van der Waals surface area contributed by atoms with E-state index >= 15 is 0 Å². The van der Waals surface area contributed by atoms with Crippen LogP contribution in [0, 0.1) is 21.7 Å². The molecule has 0 aliphatic heterocycles. The van der Waals surface area contributed by atoms with Crippen molar-refractivity contribution in [2.45, 2.75) is 92.9 Å². The minimum absolute atomic E-state index is 0.225. The summed E-state index contributed by atoms with van der Waals surface area (Å²) < 4.78 is 0. The molecule has 2 atom stereocenters. The van der Waals surface area contributed by atoms with Gasteiger partial charge in [0.2, 0.25) is 0 Å². The zero-order chi connectivity index (χ0) is 15.2. The minimum Gasteiger partial charge on any atom is -0.300 e. The summed E-state index contributed by atoms with van der Waals surface area (Å²) in [6, 6.07) is 0. The third-order valence-corrected chi connectivity index (χ3v) is 7.50. The van der Waals surface area contributed by atoms with Gasteiger partial charge in [-0.2, -0.15) is 0 Å². The van der Waals surface area contributed by atoms with Crippen LogP contribution in [-0.2, 0) is 4.79 Å². The highest BCUT2D eigenvalue weighted by Gasteiger charge is 2.49. The number of ketones is 1. The molecule has 0 amide bonds. The fraction of sp³-hybridized carbons (Fsp3) is 0.947. The standard InChI is InChI=1S/C19H34O/c1-16(2)9-7-11-18(16,5)13-15(20)14-19(6)12-8-10-17(19,3)4/h7-14H2,1-6H3/t18-,19-/m1/s1. The van der Waals surface area contributed by atoms with Crippen LogP contribution in [0.3, 0.4) is 0 Å². The Labute approximate surface area is 125 Å². The quantitative estimate of drug-likeness (QED) is 0.638. The normalized spacial score (nSPS) is 39.1. The Morgan fingerprint density at radius 3 is 1.30 bits per heavy atom. The molecule has 0 N–H and O–H groups in total. The first-order chi connectivity index (χ1) is 9.02. The Bertz CT molecular complexity index is 357. The molecule has 0 radical (unpaired) electrons. The molecular formula is C19H34O. The number of Topliss-reactive ketones (excluding diaryl/α,β-unsaturated/α-hetero) is 1. The molecular weight excluding hydrogens is 244 g/mol. The van der Waals surface area contributed by atoms with Gasteiger partial charge in [0.1, 0.15) is 5.78 Å². The molecule has 2 aliphatic carbocycles. The second kappa shape index (κ2) is 4.85. The number of carbonyl (C=O) groups excluding carboxylic acids is 1. The van der Waals surface area contributed by atoms with Gasteiger partial charge >= 0.3 is 0 Å². The summed E-state index contributed by atoms with van der Waals surface area (Å²) >= 11 is 0. The molecule has 0 bridgehead atoms. The third kappa shape index (κ3) is 2.57. The van der Waals surface area contributed by atoms with Gasteiger partial charge in [-0.1, -0.05) is 54.4 Å². The predicted molar refractivity (Wildman–Crippen MR) is 85.7 cm³/mol. The van der Waals surface area contributed by atoms with Crippen LogP contribution in [0.4, 0.5) is 0 Å². The molecule has 2 aliphatic rings. The molecule has 0 unspecified atom stereocenters. The average Bonchev–Trinajstić information content (AvgIpc) is 2.65. The third-order valence-electron chi connectivity index (χ3n) is 7.50. The molecule has 0 aromatic carbocycles. The first-order valence-corrected chi connectivity index (χ1v) is 8.53. The zero-order valence-corrected chi connectivity index (χ0v) is 14.6. The lowest BCUT2D eigenvalue weighted by molar-refractivity contribution is -0.126. The Morgan fingerprint density at radius 1 is 0.700 bits per heavy atom. The van der Waals surface area contributed by atoms with Crippen LogP contribution < -0.4 is 0 Å². The minimum atomic E-state index is 0.225. The summed E-state index contributed by atoms with van der Waals surface area (Å²) in [5.41, 5.74) is 1.11. The molecule has 0 heterocycles. The van der Waals surface area contributed by atoms with Gasteiger partial charge in [-0.05, 0) is 47.3 Å². The lowest BCUT2D eigenvalue weighted by Crippen LogP contribution is -2.36. The smallest absolute Gasteiger partial charge is 0.134 e. The van der Waals surface area contributed by atoms with Crippen LogP contribution >= 0.6 is 0 Å². The van der Waals surface area contributed by atoms with Gasteiger partial charge in [0.05, 0.1) is 0 Å². The van der Waals surface area contributed by atoms with E-state index in [0.717, 1.165) is 12.8 Å². The molecule has 0 saturated heterocycles.